The molecule has 0 amide bonds. The van der Waals surface area contributed by atoms with Crippen molar-refractivity contribution in [3.63, 3.8) is 0 Å². The van der Waals surface area contributed by atoms with E-state index in [1.54, 1.807) is 6.07 Å². The lowest BCUT2D eigenvalue weighted by Crippen LogP contribution is -2.26. The van der Waals surface area contributed by atoms with Crippen LogP contribution in [0.25, 0.3) is 11.5 Å². The van der Waals surface area contributed by atoms with Crippen LogP contribution in [0.3, 0.4) is 0 Å². The number of pyridine rings is 1. The van der Waals surface area contributed by atoms with E-state index in [-0.39, 0.29) is 22.2 Å². The van der Waals surface area contributed by atoms with Crippen molar-refractivity contribution in [1.82, 2.24) is 14.8 Å². The molecular weight excluding hydrogens is 286 g/mol. The van der Waals surface area contributed by atoms with Crippen molar-refractivity contribution in [3.8, 4) is 11.5 Å². The van der Waals surface area contributed by atoms with Crippen LogP contribution < -0.4 is 5.56 Å². The molecule has 0 bridgehead atoms. The van der Waals surface area contributed by atoms with Gasteiger partial charge in [-0.1, -0.05) is 27.7 Å². The minimum atomic E-state index is -0.0768. The quantitative estimate of drug-likeness (QED) is 0.855. The number of hydrogen-bond acceptors (Lipinski definition) is 4. The minimum Gasteiger partial charge on any atom is -0.409 e. The Morgan fingerprint density at radius 2 is 2.05 bits per heavy atom. The van der Waals surface area contributed by atoms with E-state index in [0.717, 1.165) is 12.1 Å². The van der Waals surface area contributed by atoms with E-state index in [0.29, 0.717) is 18.0 Å². The first-order valence-corrected chi connectivity index (χ1v) is 7.60. The largest absolute Gasteiger partial charge is 0.409 e. The summed E-state index contributed by atoms with van der Waals surface area (Å²) in [6, 6.07) is 3.73. The van der Waals surface area contributed by atoms with Crippen LogP contribution in [0.1, 0.15) is 45.7 Å². The van der Waals surface area contributed by atoms with Crippen molar-refractivity contribution in [2.45, 2.75) is 46.6 Å². The molecule has 0 radical (unpaired) electrons. The molecule has 0 fully saturated rings. The van der Waals surface area contributed by atoms with Gasteiger partial charge in [-0.25, -0.2) is 5.10 Å². The summed E-state index contributed by atoms with van der Waals surface area (Å²) < 4.78 is 7.09. The van der Waals surface area contributed by atoms with E-state index in [4.69, 9.17) is 16.6 Å². The van der Waals surface area contributed by atoms with Gasteiger partial charge < -0.3 is 8.98 Å². The van der Waals surface area contributed by atoms with Crippen molar-refractivity contribution in [2.75, 3.05) is 0 Å². The van der Waals surface area contributed by atoms with E-state index >= 15 is 0 Å². The first-order chi connectivity index (χ1) is 9.90. The molecule has 2 aromatic rings. The molecule has 0 aliphatic carbocycles. The highest BCUT2D eigenvalue weighted by Crippen LogP contribution is 2.18. The van der Waals surface area contributed by atoms with Crippen molar-refractivity contribution >= 4 is 12.2 Å². The summed E-state index contributed by atoms with van der Waals surface area (Å²) in [6.07, 6.45) is 0.951. The monoisotopic (exact) mass is 307 g/mol. The molecule has 0 spiro atoms. The third kappa shape index (κ3) is 3.50. The highest BCUT2D eigenvalue weighted by Gasteiger charge is 2.16. The number of aromatic nitrogens is 3. The van der Waals surface area contributed by atoms with Crippen LogP contribution in [-0.2, 0) is 6.54 Å². The molecule has 6 heteroatoms. The summed E-state index contributed by atoms with van der Waals surface area (Å²) in [5, 5.41) is 6.50. The topological polar surface area (TPSA) is 63.8 Å². The van der Waals surface area contributed by atoms with Gasteiger partial charge in [0.15, 0.2) is 0 Å². The van der Waals surface area contributed by atoms with E-state index < -0.39 is 0 Å². The Kier molecular flexibility index (Phi) is 4.77. The molecular formula is C15H21N3O2S. The van der Waals surface area contributed by atoms with Crippen molar-refractivity contribution in [3.05, 3.63) is 33.0 Å². The van der Waals surface area contributed by atoms with E-state index in [2.05, 4.69) is 37.9 Å². The average molecular weight is 307 g/mol. The molecule has 0 saturated carbocycles. The molecule has 1 N–H and O–H groups in total. The van der Waals surface area contributed by atoms with Gasteiger partial charge >= 0.3 is 0 Å². The Bertz CT molecular complexity index is 725. The maximum absolute atomic E-state index is 12.7. The molecule has 0 saturated heterocycles. The summed E-state index contributed by atoms with van der Waals surface area (Å²) in [4.78, 5) is 12.9. The fourth-order valence-electron chi connectivity index (χ4n) is 2.22. The second-order valence-electron chi connectivity index (χ2n) is 5.88. The molecule has 0 aromatic carbocycles. The van der Waals surface area contributed by atoms with Crippen LogP contribution in [0.5, 0.6) is 0 Å². The third-order valence-corrected chi connectivity index (χ3v) is 3.57. The van der Waals surface area contributed by atoms with Gasteiger partial charge in [-0.3, -0.25) is 4.79 Å². The molecule has 5 nitrogen and oxygen atoms in total. The average Bonchev–Trinajstić information content (AvgIpc) is 2.83. The van der Waals surface area contributed by atoms with E-state index in [9.17, 15) is 4.79 Å². The van der Waals surface area contributed by atoms with Gasteiger partial charge in [-0.05, 0) is 42.6 Å². The van der Waals surface area contributed by atoms with Gasteiger partial charge in [0.2, 0.25) is 0 Å². The minimum absolute atomic E-state index is 0.0768. The molecule has 0 atom stereocenters. The smallest absolute Gasteiger partial charge is 0.284 e. The van der Waals surface area contributed by atoms with Gasteiger partial charge in [0.1, 0.15) is 5.56 Å². The molecule has 2 heterocycles. The van der Waals surface area contributed by atoms with Gasteiger partial charge in [0, 0.05) is 12.2 Å². The van der Waals surface area contributed by atoms with Crippen molar-refractivity contribution in [2.24, 2.45) is 5.92 Å². The molecule has 2 rings (SSSR count). The molecule has 0 aliphatic heterocycles. The van der Waals surface area contributed by atoms with Gasteiger partial charge in [0.05, 0.1) is 0 Å². The Morgan fingerprint density at radius 1 is 1.33 bits per heavy atom. The van der Waals surface area contributed by atoms with Gasteiger partial charge in [-0.15, -0.1) is 5.10 Å². The Morgan fingerprint density at radius 3 is 2.57 bits per heavy atom. The summed E-state index contributed by atoms with van der Waals surface area (Å²) in [6.45, 7) is 9.16. The Labute approximate surface area is 129 Å². The molecule has 2 aromatic heterocycles. The van der Waals surface area contributed by atoms with Crippen molar-refractivity contribution < 1.29 is 4.42 Å². The lowest BCUT2D eigenvalue weighted by Gasteiger charge is -2.17. The molecule has 114 valence electrons. The number of hydrogen-bond donors (Lipinski definition) is 1. The summed E-state index contributed by atoms with van der Waals surface area (Å²) in [5.74, 6) is 1.07. The number of aromatic amines is 1. The molecule has 21 heavy (non-hydrogen) atoms. The first-order valence-electron chi connectivity index (χ1n) is 7.19. The summed E-state index contributed by atoms with van der Waals surface area (Å²) >= 11 is 4.87. The van der Waals surface area contributed by atoms with Crippen LogP contribution in [0.15, 0.2) is 21.3 Å². The highest BCUT2D eigenvalue weighted by atomic mass is 32.1. The fraction of sp³-hybridized carbons (Fsp3) is 0.533. The third-order valence-electron chi connectivity index (χ3n) is 3.40. The maximum atomic E-state index is 12.7. The Hall–Kier alpha value is -1.69. The molecule has 0 aliphatic rings. The fourth-order valence-corrected chi connectivity index (χ4v) is 2.35. The van der Waals surface area contributed by atoms with Crippen LogP contribution >= 0.6 is 12.2 Å². The Balaban J connectivity index is 2.53. The number of nitrogens with zero attached hydrogens (tertiary/aromatic N) is 2. The molecule has 0 unspecified atom stereocenters. The SMILES string of the molecule is CC(C)CCn1c(C(C)C)ccc(-c2n[nH]c(=S)o2)c1=O. The maximum Gasteiger partial charge on any atom is 0.284 e. The predicted molar refractivity (Wildman–Crippen MR) is 84.9 cm³/mol. The van der Waals surface area contributed by atoms with Crippen LogP contribution in [0.4, 0.5) is 0 Å². The number of nitrogens with one attached hydrogen (secondary N) is 1. The van der Waals surface area contributed by atoms with Crippen LogP contribution in [-0.4, -0.2) is 14.8 Å². The predicted octanol–water partition coefficient (Wildman–Crippen LogP) is 3.73. The lowest BCUT2D eigenvalue weighted by molar-refractivity contribution is 0.489. The zero-order valence-corrected chi connectivity index (χ0v) is 13.7. The lowest BCUT2D eigenvalue weighted by atomic mass is 10.1. The number of rotatable bonds is 5. The standard InChI is InChI=1S/C15H21N3O2S/c1-9(2)7-8-18-12(10(3)4)6-5-11(14(18)19)13-16-17-15(21)20-13/h5-6,9-10H,7-8H2,1-4H3,(H,17,21). The van der Waals surface area contributed by atoms with Crippen LogP contribution in [0, 0.1) is 10.8 Å². The summed E-state index contributed by atoms with van der Waals surface area (Å²) in [5.41, 5.74) is 1.39. The first kappa shape index (κ1) is 15.7. The second kappa shape index (κ2) is 6.39. The van der Waals surface area contributed by atoms with Crippen molar-refractivity contribution in [1.29, 1.82) is 0 Å². The van der Waals surface area contributed by atoms with E-state index in [1.165, 1.54) is 0 Å². The summed E-state index contributed by atoms with van der Waals surface area (Å²) in [7, 11) is 0. The second-order valence-corrected chi connectivity index (χ2v) is 6.25. The zero-order chi connectivity index (χ0) is 15.6. The number of H-pyrrole nitrogens is 1. The van der Waals surface area contributed by atoms with Crippen LogP contribution in [0.2, 0.25) is 0 Å². The zero-order valence-electron chi connectivity index (χ0n) is 12.8. The highest BCUT2D eigenvalue weighted by molar-refractivity contribution is 7.71. The van der Waals surface area contributed by atoms with Gasteiger partial charge in [-0.2, -0.15) is 0 Å². The van der Waals surface area contributed by atoms with Gasteiger partial charge in [0.25, 0.3) is 16.3 Å². The normalized spacial score (nSPS) is 11.5. The van der Waals surface area contributed by atoms with E-state index in [1.807, 2.05) is 10.6 Å².